The first-order chi connectivity index (χ1) is 18.6. The number of nitrogens with one attached hydrogen (secondary N) is 2. The fourth-order valence-electron chi connectivity index (χ4n) is 4.69. The highest BCUT2D eigenvalue weighted by Gasteiger charge is 2.40. The zero-order valence-corrected chi connectivity index (χ0v) is 20.7. The molecule has 5 rings (SSSR count). The molecule has 2 N–H and O–H groups in total. The van der Waals surface area contributed by atoms with Crippen LogP contribution in [0.1, 0.15) is 34.7 Å². The van der Waals surface area contributed by atoms with E-state index in [0.29, 0.717) is 29.7 Å². The van der Waals surface area contributed by atoms with Crippen LogP contribution >= 0.6 is 0 Å². The van der Waals surface area contributed by atoms with E-state index in [1.807, 2.05) is 42.5 Å². The van der Waals surface area contributed by atoms with Crippen LogP contribution in [0.5, 0.6) is 5.75 Å². The maximum Gasteiger partial charge on any atom is 0.341 e. The number of hydrogen-bond acceptors (Lipinski definition) is 6. The minimum atomic E-state index is -0.845. The second-order valence-electron chi connectivity index (χ2n) is 8.92. The highest BCUT2D eigenvalue weighted by atomic mass is 16.5. The number of aryl methyl sites for hydroxylation is 1. The molecule has 2 amide bonds. The number of nitriles is 1. The molecule has 38 heavy (non-hydrogen) atoms. The number of ether oxygens (including phenoxy) is 2. The summed E-state index contributed by atoms with van der Waals surface area (Å²) in [6.07, 6.45) is 2.48. The Morgan fingerprint density at radius 3 is 2.79 bits per heavy atom. The van der Waals surface area contributed by atoms with E-state index in [-0.39, 0.29) is 6.61 Å². The molecule has 1 aliphatic rings. The van der Waals surface area contributed by atoms with Crippen LogP contribution in [0, 0.1) is 17.2 Å². The number of aliphatic imine (C=N–C) groups is 1. The van der Waals surface area contributed by atoms with Gasteiger partial charge in [-0.1, -0.05) is 36.4 Å². The van der Waals surface area contributed by atoms with E-state index in [4.69, 9.17) is 9.47 Å². The first-order valence-electron chi connectivity index (χ1n) is 12.1. The van der Waals surface area contributed by atoms with Crippen LogP contribution in [0.4, 0.5) is 4.79 Å². The van der Waals surface area contributed by atoms with E-state index in [0.717, 1.165) is 27.9 Å². The number of H-pyrrole nitrogens is 1. The highest BCUT2D eigenvalue weighted by Crippen LogP contribution is 2.32. The summed E-state index contributed by atoms with van der Waals surface area (Å²) in [5.41, 5.74) is 4.85. The molecule has 0 aliphatic carbocycles. The Morgan fingerprint density at radius 2 is 1.95 bits per heavy atom. The highest BCUT2D eigenvalue weighted by molar-refractivity contribution is 6.09. The lowest BCUT2D eigenvalue weighted by Crippen LogP contribution is -2.45. The second kappa shape index (κ2) is 11.0. The molecule has 9 nitrogen and oxygen atoms in total. The Morgan fingerprint density at radius 1 is 1.08 bits per heavy atom. The number of aromatic amines is 1. The standard InChI is InChI=1S/C29H25N5O4/c1-37-25-8-3-2-7-20(25)9-12-23-26(28(35)38-16-19-6-4-5-18(13-19)15-30)27(34-29(36)33-23)21-10-11-22-24(14-21)32-17-31-22/h2-8,10-11,13-14,17,26-27H,9,12,16H2,1H3,(H,31,32)(H,34,36). The Kier molecular flexibility index (Phi) is 7.13. The number of carbonyl (C=O) groups excluding carboxylic acids is 2. The number of fused-ring (bicyclic) bond motifs is 1. The van der Waals surface area contributed by atoms with Crippen molar-refractivity contribution < 1.29 is 19.1 Å². The molecule has 0 fully saturated rings. The largest absolute Gasteiger partial charge is 0.496 e. The number of aromatic nitrogens is 2. The molecule has 2 atom stereocenters. The molecule has 0 saturated heterocycles. The zero-order chi connectivity index (χ0) is 26.5. The summed E-state index contributed by atoms with van der Waals surface area (Å²) in [7, 11) is 1.60. The molecule has 0 bridgehead atoms. The fourth-order valence-corrected chi connectivity index (χ4v) is 4.69. The van der Waals surface area contributed by atoms with Crippen molar-refractivity contribution in [2.45, 2.75) is 25.5 Å². The van der Waals surface area contributed by atoms with Crippen molar-refractivity contribution in [1.82, 2.24) is 15.3 Å². The number of amides is 2. The molecule has 4 aromatic rings. The Balaban J connectivity index is 1.45. The molecule has 2 unspecified atom stereocenters. The van der Waals surface area contributed by atoms with E-state index in [2.05, 4.69) is 26.3 Å². The number of methoxy groups -OCH3 is 1. The van der Waals surface area contributed by atoms with Gasteiger partial charge in [-0.05, 0) is 59.9 Å². The molecular formula is C29H25N5O4. The Bertz CT molecular complexity index is 1570. The number of rotatable bonds is 8. The van der Waals surface area contributed by atoms with Gasteiger partial charge < -0.3 is 19.8 Å². The van der Waals surface area contributed by atoms with E-state index in [1.165, 1.54) is 0 Å². The van der Waals surface area contributed by atoms with Crippen molar-refractivity contribution in [3.8, 4) is 11.8 Å². The average Bonchev–Trinajstić information content (AvgIpc) is 3.43. The van der Waals surface area contributed by atoms with Crippen LogP contribution < -0.4 is 10.1 Å². The van der Waals surface area contributed by atoms with Crippen molar-refractivity contribution >= 4 is 28.7 Å². The minimum Gasteiger partial charge on any atom is -0.496 e. The predicted octanol–water partition coefficient (Wildman–Crippen LogP) is 4.64. The summed E-state index contributed by atoms with van der Waals surface area (Å²) >= 11 is 0. The molecule has 0 spiro atoms. The molecular weight excluding hydrogens is 482 g/mol. The molecule has 1 aromatic heterocycles. The molecule has 0 radical (unpaired) electrons. The van der Waals surface area contributed by atoms with Gasteiger partial charge >= 0.3 is 12.0 Å². The number of para-hydroxylation sites is 1. The van der Waals surface area contributed by atoms with Crippen LogP contribution in [0.3, 0.4) is 0 Å². The van der Waals surface area contributed by atoms with Crippen molar-refractivity contribution in [3.63, 3.8) is 0 Å². The van der Waals surface area contributed by atoms with Gasteiger partial charge in [0, 0.05) is 5.71 Å². The molecule has 0 saturated carbocycles. The average molecular weight is 508 g/mol. The maximum atomic E-state index is 13.6. The van der Waals surface area contributed by atoms with Gasteiger partial charge in [-0.2, -0.15) is 5.26 Å². The summed E-state index contributed by atoms with van der Waals surface area (Å²) in [4.78, 5) is 37.9. The third-order valence-corrected chi connectivity index (χ3v) is 6.55. The van der Waals surface area contributed by atoms with Gasteiger partial charge in [-0.25, -0.2) is 14.8 Å². The van der Waals surface area contributed by atoms with Crippen LogP contribution in [0.2, 0.25) is 0 Å². The maximum absolute atomic E-state index is 13.6. The molecule has 9 heteroatoms. The van der Waals surface area contributed by atoms with Crippen molar-refractivity contribution in [3.05, 3.63) is 95.3 Å². The first-order valence-corrected chi connectivity index (χ1v) is 12.1. The van der Waals surface area contributed by atoms with Crippen LogP contribution in [0.15, 0.2) is 78.0 Å². The molecule has 3 aromatic carbocycles. The topological polar surface area (TPSA) is 129 Å². The van der Waals surface area contributed by atoms with Gasteiger partial charge in [0.1, 0.15) is 18.3 Å². The lowest BCUT2D eigenvalue weighted by atomic mass is 9.85. The van der Waals surface area contributed by atoms with E-state index in [9.17, 15) is 14.9 Å². The number of hydrogen-bond donors (Lipinski definition) is 2. The van der Waals surface area contributed by atoms with Crippen molar-refractivity contribution in [2.24, 2.45) is 10.9 Å². The van der Waals surface area contributed by atoms with Gasteiger partial charge in [-0.3, -0.25) is 4.79 Å². The van der Waals surface area contributed by atoms with Crippen molar-refractivity contribution in [2.75, 3.05) is 7.11 Å². The summed E-state index contributed by atoms with van der Waals surface area (Å²) in [5.74, 6) is -0.631. The number of carbonyl (C=O) groups is 2. The predicted molar refractivity (Wildman–Crippen MR) is 141 cm³/mol. The van der Waals surface area contributed by atoms with Crippen LogP contribution in [-0.4, -0.2) is 34.8 Å². The van der Waals surface area contributed by atoms with Crippen molar-refractivity contribution in [1.29, 1.82) is 5.26 Å². The van der Waals surface area contributed by atoms with Gasteiger partial charge in [0.05, 0.1) is 42.1 Å². The molecule has 1 aliphatic heterocycles. The SMILES string of the molecule is COc1ccccc1CCC1=NC(=O)NC(c2ccc3nc[nH]c3c2)C1C(=O)OCc1cccc(C#N)c1. The smallest absolute Gasteiger partial charge is 0.341 e. The lowest BCUT2D eigenvalue weighted by Gasteiger charge is -2.31. The Hall–Kier alpha value is -4.97. The fraction of sp³-hybridized carbons (Fsp3) is 0.207. The van der Waals surface area contributed by atoms with Gasteiger partial charge in [0.2, 0.25) is 0 Å². The number of esters is 1. The van der Waals surface area contributed by atoms with E-state index >= 15 is 0 Å². The van der Waals surface area contributed by atoms with E-state index < -0.39 is 24.0 Å². The normalized spacial score (nSPS) is 16.8. The summed E-state index contributed by atoms with van der Waals surface area (Å²) in [6, 6.07) is 20.9. The zero-order valence-electron chi connectivity index (χ0n) is 20.7. The number of imidazole rings is 1. The monoisotopic (exact) mass is 507 g/mol. The quantitative estimate of drug-likeness (QED) is 0.334. The van der Waals surface area contributed by atoms with E-state index in [1.54, 1.807) is 37.7 Å². The minimum absolute atomic E-state index is 0.00904. The summed E-state index contributed by atoms with van der Waals surface area (Å²) < 4.78 is 11.2. The van der Waals surface area contributed by atoms with Crippen LogP contribution in [-0.2, 0) is 22.6 Å². The van der Waals surface area contributed by atoms with Gasteiger partial charge in [-0.15, -0.1) is 0 Å². The second-order valence-corrected chi connectivity index (χ2v) is 8.92. The lowest BCUT2D eigenvalue weighted by molar-refractivity contribution is -0.148. The van der Waals surface area contributed by atoms with Gasteiger partial charge in [0.15, 0.2) is 0 Å². The first kappa shape index (κ1) is 24.7. The third kappa shape index (κ3) is 5.25. The number of nitrogens with zero attached hydrogens (tertiary/aromatic N) is 3. The number of benzene rings is 3. The Labute approximate surface area is 219 Å². The molecule has 2 heterocycles. The summed E-state index contributed by atoms with van der Waals surface area (Å²) in [5, 5.41) is 12.0. The third-order valence-electron chi connectivity index (χ3n) is 6.55. The van der Waals surface area contributed by atoms with Gasteiger partial charge in [0.25, 0.3) is 0 Å². The van der Waals surface area contributed by atoms with Crippen LogP contribution in [0.25, 0.3) is 11.0 Å². The summed E-state index contributed by atoms with van der Waals surface area (Å²) in [6.45, 7) is -0.00904. The number of urea groups is 1. The molecule has 190 valence electrons.